The maximum absolute atomic E-state index is 12.8. The van der Waals surface area contributed by atoms with Gasteiger partial charge in [0.2, 0.25) is 0 Å². The molecule has 26 heavy (non-hydrogen) atoms. The molecule has 136 valence electrons. The van der Waals surface area contributed by atoms with Crippen LogP contribution in [0.4, 0.5) is 0 Å². The summed E-state index contributed by atoms with van der Waals surface area (Å²) in [5.74, 6) is 0.445. The van der Waals surface area contributed by atoms with E-state index < -0.39 is 0 Å². The smallest absolute Gasteiger partial charge is 0.261 e. The fourth-order valence-electron chi connectivity index (χ4n) is 3.38. The van der Waals surface area contributed by atoms with Crippen LogP contribution >= 0.6 is 22.9 Å². The molecular formula is C19H21ClN4OS. The Labute approximate surface area is 161 Å². The Bertz CT molecular complexity index is 947. The van der Waals surface area contributed by atoms with Crippen molar-refractivity contribution in [1.29, 1.82) is 0 Å². The Balaban J connectivity index is 1.64. The number of halogens is 1. The summed E-state index contributed by atoms with van der Waals surface area (Å²) in [5.41, 5.74) is 1.86. The monoisotopic (exact) mass is 388 g/mol. The van der Waals surface area contributed by atoms with Crippen molar-refractivity contribution < 1.29 is 4.79 Å². The summed E-state index contributed by atoms with van der Waals surface area (Å²) in [6.07, 6.45) is 0.968. The second kappa shape index (κ2) is 7.02. The SMILES string of the molecule is Cc1nn(-c2ccc(Cl)cc2)c2sc(C(=O)NC3CCNCC3C)cc12. The molecule has 2 N–H and O–H groups in total. The number of hydrogen-bond donors (Lipinski definition) is 2. The molecule has 0 spiro atoms. The number of piperidine rings is 1. The maximum Gasteiger partial charge on any atom is 0.261 e. The van der Waals surface area contributed by atoms with Gasteiger partial charge in [0.05, 0.1) is 16.3 Å². The number of amides is 1. The minimum atomic E-state index is 0.00649. The number of nitrogens with one attached hydrogen (secondary N) is 2. The molecule has 2 unspecified atom stereocenters. The van der Waals surface area contributed by atoms with E-state index in [4.69, 9.17) is 11.6 Å². The third-order valence-electron chi connectivity index (χ3n) is 4.94. The topological polar surface area (TPSA) is 59.0 Å². The van der Waals surface area contributed by atoms with Gasteiger partial charge in [-0.3, -0.25) is 4.79 Å². The molecule has 1 aliphatic rings. The third kappa shape index (κ3) is 3.24. The summed E-state index contributed by atoms with van der Waals surface area (Å²) in [5, 5.41) is 12.9. The van der Waals surface area contributed by atoms with Crippen molar-refractivity contribution in [2.45, 2.75) is 26.3 Å². The molecule has 3 aromatic rings. The highest BCUT2D eigenvalue weighted by molar-refractivity contribution is 7.20. The van der Waals surface area contributed by atoms with E-state index in [1.807, 2.05) is 41.9 Å². The van der Waals surface area contributed by atoms with E-state index in [-0.39, 0.29) is 11.9 Å². The van der Waals surface area contributed by atoms with Crippen LogP contribution < -0.4 is 10.6 Å². The fourth-order valence-corrected chi connectivity index (χ4v) is 4.60. The molecule has 0 bridgehead atoms. The van der Waals surface area contributed by atoms with Crippen molar-refractivity contribution in [3.05, 3.63) is 45.9 Å². The van der Waals surface area contributed by atoms with Crippen LogP contribution in [0.3, 0.4) is 0 Å². The Kier molecular flexibility index (Phi) is 4.73. The van der Waals surface area contributed by atoms with Gasteiger partial charge in [0.15, 0.2) is 0 Å². The van der Waals surface area contributed by atoms with E-state index >= 15 is 0 Å². The number of thiophene rings is 1. The first-order valence-corrected chi connectivity index (χ1v) is 9.99. The predicted molar refractivity (Wildman–Crippen MR) is 107 cm³/mol. The number of carbonyl (C=O) groups excluding carboxylic acids is 1. The molecule has 5 nitrogen and oxygen atoms in total. The minimum Gasteiger partial charge on any atom is -0.348 e. The predicted octanol–water partition coefficient (Wildman–Crippen LogP) is 3.78. The van der Waals surface area contributed by atoms with Gasteiger partial charge in [-0.1, -0.05) is 18.5 Å². The zero-order valence-electron chi connectivity index (χ0n) is 14.8. The molecule has 1 amide bonds. The van der Waals surface area contributed by atoms with Gasteiger partial charge in [0.1, 0.15) is 4.83 Å². The second-order valence-electron chi connectivity index (χ2n) is 6.85. The molecule has 2 atom stereocenters. The van der Waals surface area contributed by atoms with Crippen LogP contribution in [0.15, 0.2) is 30.3 Å². The van der Waals surface area contributed by atoms with Crippen LogP contribution in [-0.2, 0) is 0 Å². The lowest BCUT2D eigenvalue weighted by Crippen LogP contribution is -2.48. The Morgan fingerprint density at radius 2 is 2.15 bits per heavy atom. The number of nitrogens with zero attached hydrogens (tertiary/aromatic N) is 2. The van der Waals surface area contributed by atoms with Gasteiger partial charge >= 0.3 is 0 Å². The Hall–Kier alpha value is -1.89. The molecule has 1 fully saturated rings. The van der Waals surface area contributed by atoms with Gasteiger partial charge in [0.25, 0.3) is 5.91 Å². The van der Waals surface area contributed by atoms with Crippen molar-refractivity contribution in [1.82, 2.24) is 20.4 Å². The van der Waals surface area contributed by atoms with E-state index in [2.05, 4.69) is 22.7 Å². The van der Waals surface area contributed by atoms with E-state index in [0.717, 1.165) is 46.0 Å². The van der Waals surface area contributed by atoms with Gasteiger partial charge < -0.3 is 10.6 Å². The van der Waals surface area contributed by atoms with Crippen LogP contribution in [-0.4, -0.2) is 34.8 Å². The number of carbonyl (C=O) groups is 1. The van der Waals surface area contributed by atoms with Gasteiger partial charge in [-0.15, -0.1) is 11.3 Å². The van der Waals surface area contributed by atoms with E-state index in [0.29, 0.717) is 10.9 Å². The van der Waals surface area contributed by atoms with Crippen LogP contribution in [0.1, 0.15) is 28.7 Å². The maximum atomic E-state index is 12.8. The Morgan fingerprint density at radius 1 is 1.38 bits per heavy atom. The second-order valence-corrected chi connectivity index (χ2v) is 8.32. The standard InChI is InChI=1S/C19H21ClN4OS/c1-11-10-21-8-7-16(11)22-18(25)17-9-15-12(2)23-24(19(15)26-17)14-5-3-13(20)4-6-14/h3-6,9,11,16,21H,7-8,10H2,1-2H3,(H,22,25). The summed E-state index contributed by atoms with van der Waals surface area (Å²) in [7, 11) is 0. The summed E-state index contributed by atoms with van der Waals surface area (Å²) < 4.78 is 1.88. The molecule has 0 radical (unpaired) electrons. The first kappa shape index (κ1) is 17.5. The van der Waals surface area contributed by atoms with Crippen LogP contribution in [0.5, 0.6) is 0 Å². The highest BCUT2D eigenvalue weighted by atomic mass is 35.5. The normalized spacial score (nSPS) is 20.4. The van der Waals surface area contributed by atoms with Gasteiger partial charge in [0, 0.05) is 16.5 Å². The summed E-state index contributed by atoms with van der Waals surface area (Å²) in [6.45, 7) is 6.04. The summed E-state index contributed by atoms with van der Waals surface area (Å²) in [6, 6.07) is 9.74. The zero-order valence-corrected chi connectivity index (χ0v) is 16.3. The number of hydrogen-bond acceptors (Lipinski definition) is 4. The fraction of sp³-hybridized carbons (Fsp3) is 0.368. The summed E-state index contributed by atoms with van der Waals surface area (Å²) in [4.78, 5) is 14.5. The highest BCUT2D eigenvalue weighted by Gasteiger charge is 2.24. The summed E-state index contributed by atoms with van der Waals surface area (Å²) >= 11 is 7.47. The molecule has 0 aliphatic carbocycles. The molecule has 3 heterocycles. The van der Waals surface area contributed by atoms with E-state index in [1.165, 1.54) is 11.3 Å². The quantitative estimate of drug-likeness (QED) is 0.717. The van der Waals surface area contributed by atoms with Gasteiger partial charge in [-0.25, -0.2) is 4.68 Å². The molecule has 1 saturated heterocycles. The minimum absolute atomic E-state index is 0.00649. The third-order valence-corrected chi connectivity index (χ3v) is 6.30. The lowest BCUT2D eigenvalue weighted by molar-refractivity contribution is 0.0918. The van der Waals surface area contributed by atoms with Gasteiger partial charge in [-0.05, 0) is 62.7 Å². The van der Waals surface area contributed by atoms with Crippen molar-refractivity contribution >= 4 is 39.1 Å². The largest absolute Gasteiger partial charge is 0.348 e. The van der Waals surface area contributed by atoms with Crippen molar-refractivity contribution in [3.63, 3.8) is 0 Å². The lowest BCUT2D eigenvalue weighted by Gasteiger charge is -2.30. The number of aryl methyl sites for hydroxylation is 1. The molecule has 1 aliphatic heterocycles. The van der Waals surface area contributed by atoms with Crippen molar-refractivity contribution in [2.24, 2.45) is 5.92 Å². The average molecular weight is 389 g/mol. The lowest BCUT2D eigenvalue weighted by atomic mass is 9.95. The highest BCUT2D eigenvalue weighted by Crippen LogP contribution is 2.31. The number of rotatable bonds is 3. The van der Waals surface area contributed by atoms with Gasteiger partial charge in [-0.2, -0.15) is 5.10 Å². The number of benzene rings is 1. The van der Waals surface area contributed by atoms with Crippen LogP contribution in [0.2, 0.25) is 5.02 Å². The van der Waals surface area contributed by atoms with E-state index in [1.54, 1.807) is 0 Å². The van der Waals surface area contributed by atoms with Crippen LogP contribution in [0.25, 0.3) is 15.9 Å². The Morgan fingerprint density at radius 3 is 2.88 bits per heavy atom. The van der Waals surface area contributed by atoms with Crippen LogP contribution in [0, 0.1) is 12.8 Å². The van der Waals surface area contributed by atoms with E-state index in [9.17, 15) is 4.79 Å². The first-order valence-electron chi connectivity index (χ1n) is 8.79. The zero-order chi connectivity index (χ0) is 18.3. The molecular weight excluding hydrogens is 368 g/mol. The first-order chi connectivity index (χ1) is 12.5. The molecule has 1 aromatic carbocycles. The average Bonchev–Trinajstić information content (AvgIpc) is 3.19. The van der Waals surface area contributed by atoms with Crippen molar-refractivity contribution in [3.8, 4) is 5.69 Å². The molecule has 2 aromatic heterocycles. The van der Waals surface area contributed by atoms with Crippen molar-refractivity contribution in [2.75, 3.05) is 13.1 Å². The number of aromatic nitrogens is 2. The molecule has 0 saturated carbocycles. The molecule has 7 heteroatoms. The number of fused-ring (bicyclic) bond motifs is 1. The molecule has 4 rings (SSSR count).